The maximum Gasteiger partial charge on any atom is 0.189 e. The van der Waals surface area contributed by atoms with Crippen LogP contribution in [0.2, 0.25) is 0 Å². The van der Waals surface area contributed by atoms with Crippen molar-refractivity contribution in [3.63, 3.8) is 0 Å². The van der Waals surface area contributed by atoms with Crippen LogP contribution in [0.15, 0.2) is 55.1 Å². The summed E-state index contributed by atoms with van der Waals surface area (Å²) in [7, 11) is 0. The van der Waals surface area contributed by atoms with Gasteiger partial charge in [0.05, 0.1) is 5.56 Å². The molecule has 3 N–H and O–H groups in total. The number of rotatable bonds is 5. The van der Waals surface area contributed by atoms with Gasteiger partial charge in [-0.05, 0) is 42.3 Å². The largest absolute Gasteiger partial charge is 0.508 e. The number of ketones is 1. The van der Waals surface area contributed by atoms with E-state index in [1.54, 1.807) is 18.2 Å². The molecule has 2 rings (SSSR count). The van der Waals surface area contributed by atoms with Gasteiger partial charge in [-0.15, -0.1) is 6.58 Å². The van der Waals surface area contributed by atoms with Crippen molar-refractivity contribution in [1.29, 1.82) is 0 Å². The van der Waals surface area contributed by atoms with Crippen molar-refractivity contribution in [3.05, 3.63) is 71.8 Å². The number of hydrogen-bond donors (Lipinski definition) is 3. The molecule has 0 atom stereocenters. The molecule has 0 aliphatic carbocycles. The van der Waals surface area contributed by atoms with E-state index >= 15 is 0 Å². The summed E-state index contributed by atoms with van der Waals surface area (Å²) in [6.45, 7) is 3.55. The molecule has 0 heterocycles. The highest BCUT2D eigenvalue weighted by Gasteiger charge is 2.15. The monoisotopic (exact) mass is 296 g/mol. The minimum absolute atomic E-state index is 0.0727. The second-order valence-corrected chi connectivity index (χ2v) is 4.74. The lowest BCUT2D eigenvalue weighted by atomic mass is 10.0. The fourth-order valence-corrected chi connectivity index (χ4v) is 2.02. The first-order valence-electron chi connectivity index (χ1n) is 6.69. The summed E-state index contributed by atoms with van der Waals surface area (Å²) in [6, 6.07) is 9.12. The van der Waals surface area contributed by atoms with Gasteiger partial charge >= 0.3 is 0 Å². The first-order chi connectivity index (χ1) is 10.5. The first kappa shape index (κ1) is 15.4. The fourth-order valence-electron chi connectivity index (χ4n) is 2.02. The topological polar surface area (TPSA) is 77.8 Å². The first-order valence-corrected chi connectivity index (χ1v) is 6.69. The van der Waals surface area contributed by atoms with Gasteiger partial charge in [0.15, 0.2) is 5.78 Å². The zero-order valence-corrected chi connectivity index (χ0v) is 11.9. The fraction of sp³-hybridized carbons (Fsp3) is 0.0556. The van der Waals surface area contributed by atoms with Crippen LogP contribution in [0.1, 0.15) is 21.5 Å². The number of carbonyl (C=O) groups excluding carboxylic acids is 1. The van der Waals surface area contributed by atoms with Gasteiger partial charge in [0.1, 0.15) is 17.2 Å². The van der Waals surface area contributed by atoms with E-state index in [-0.39, 0.29) is 40.6 Å². The molecule has 4 nitrogen and oxygen atoms in total. The van der Waals surface area contributed by atoms with Crippen LogP contribution in [0.3, 0.4) is 0 Å². The Labute approximate surface area is 128 Å². The van der Waals surface area contributed by atoms with Gasteiger partial charge in [0.2, 0.25) is 0 Å². The van der Waals surface area contributed by atoms with Gasteiger partial charge in [-0.3, -0.25) is 4.79 Å². The summed E-state index contributed by atoms with van der Waals surface area (Å²) >= 11 is 0. The van der Waals surface area contributed by atoms with Crippen molar-refractivity contribution < 1.29 is 20.1 Å². The summed E-state index contributed by atoms with van der Waals surface area (Å²) in [4.78, 5) is 12.2. The molecule has 0 amide bonds. The van der Waals surface area contributed by atoms with E-state index < -0.39 is 0 Å². The van der Waals surface area contributed by atoms with E-state index in [1.807, 2.05) is 0 Å². The third kappa shape index (κ3) is 3.35. The Bertz CT molecular complexity index is 727. The number of benzene rings is 2. The molecule has 0 aliphatic heterocycles. The smallest absolute Gasteiger partial charge is 0.189 e. The number of allylic oxidation sites excluding steroid dienone is 2. The van der Waals surface area contributed by atoms with E-state index in [9.17, 15) is 20.1 Å². The Kier molecular flexibility index (Phi) is 4.63. The summed E-state index contributed by atoms with van der Waals surface area (Å²) in [6.07, 6.45) is 4.72. The van der Waals surface area contributed by atoms with Crippen LogP contribution in [0, 0.1) is 0 Å². The summed E-state index contributed by atoms with van der Waals surface area (Å²) in [5.41, 5.74) is 1.14. The van der Waals surface area contributed by atoms with Gasteiger partial charge in [0, 0.05) is 5.56 Å². The van der Waals surface area contributed by atoms with Crippen LogP contribution >= 0.6 is 0 Å². The van der Waals surface area contributed by atoms with E-state index in [2.05, 4.69) is 6.58 Å². The zero-order chi connectivity index (χ0) is 16.1. The van der Waals surface area contributed by atoms with E-state index in [0.29, 0.717) is 0 Å². The number of phenolic OH excluding ortho intramolecular Hbond substituents is 3. The van der Waals surface area contributed by atoms with Crippen molar-refractivity contribution in [3.8, 4) is 17.2 Å². The minimum Gasteiger partial charge on any atom is -0.508 e. The molecular weight excluding hydrogens is 280 g/mol. The van der Waals surface area contributed by atoms with Crippen molar-refractivity contribution in [2.24, 2.45) is 0 Å². The standard InChI is InChI=1S/C18H16O4/c1-2-3-14-17(21)11-9-15(18(14)22)16(20)10-6-12-4-7-13(19)8-5-12/h2,4-11,19,21-22H,1,3H2/b10-6+. The highest BCUT2D eigenvalue weighted by molar-refractivity contribution is 6.09. The molecule has 0 aromatic heterocycles. The molecule has 112 valence electrons. The van der Waals surface area contributed by atoms with Crippen LogP contribution in [0.25, 0.3) is 6.08 Å². The highest BCUT2D eigenvalue weighted by atomic mass is 16.3. The molecule has 0 unspecified atom stereocenters. The normalized spacial score (nSPS) is 10.7. The molecule has 0 spiro atoms. The third-order valence-corrected chi connectivity index (χ3v) is 3.19. The lowest BCUT2D eigenvalue weighted by molar-refractivity contribution is 0.104. The van der Waals surface area contributed by atoms with Gasteiger partial charge in [-0.1, -0.05) is 24.3 Å². The summed E-state index contributed by atoms with van der Waals surface area (Å²) in [5.74, 6) is -0.540. The molecule has 0 radical (unpaired) electrons. The van der Waals surface area contributed by atoms with Crippen LogP contribution in [-0.4, -0.2) is 21.1 Å². The Morgan fingerprint density at radius 2 is 1.73 bits per heavy atom. The Morgan fingerprint density at radius 1 is 1.05 bits per heavy atom. The van der Waals surface area contributed by atoms with Crippen LogP contribution in [0.4, 0.5) is 0 Å². The molecule has 0 fully saturated rings. The molecular formula is C18H16O4. The van der Waals surface area contributed by atoms with E-state index in [4.69, 9.17) is 0 Å². The van der Waals surface area contributed by atoms with Gasteiger partial charge < -0.3 is 15.3 Å². The minimum atomic E-state index is -0.379. The molecule has 0 bridgehead atoms. The number of aromatic hydroxyl groups is 3. The Morgan fingerprint density at radius 3 is 2.36 bits per heavy atom. The molecule has 0 saturated carbocycles. The van der Waals surface area contributed by atoms with Crippen LogP contribution in [-0.2, 0) is 6.42 Å². The second-order valence-electron chi connectivity index (χ2n) is 4.74. The SMILES string of the molecule is C=CCc1c(O)ccc(C(=O)/C=C/c2ccc(O)cc2)c1O. The molecule has 4 heteroatoms. The van der Waals surface area contributed by atoms with E-state index in [0.717, 1.165) is 5.56 Å². The number of hydrogen-bond acceptors (Lipinski definition) is 4. The summed E-state index contributed by atoms with van der Waals surface area (Å²) < 4.78 is 0. The quantitative estimate of drug-likeness (QED) is 0.449. The number of phenols is 3. The second kappa shape index (κ2) is 6.63. The number of carbonyl (C=O) groups is 1. The molecule has 0 saturated heterocycles. The van der Waals surface area contributed by atoms with Crippen LogP contribution < -0.4 is 0 Å². The zero-order valence-electron chi connectivity index (χ0n) is 11.9. The summed E-state index contributed by atoms with van der Waals surface area (Å²) in [5, 5.41) is 29.0. The van der Waals surface area contributed by atoms with Gasteiger partial charge in [-0.25, -0.2) is 0 Å². The molecule has 2 aromatic rings. The highest BCUT2D eigenvalue weighted by Crippen LogP contribution is 2.31. The predicted octanol–water partition coefficient (Wildman–Crippen LogP) is 3.43. The van der Waals surface area contributed by atoms with Crippen molar-refractivity contribution in [1.82, 2.24) is 0 Å². The maximum atomic E-state index is 12.2. The maximum absolute atomic E-state index is 12.2. The molecule has 22 heavy (non-hydrogen) atoms. The van der Waals surface area contributed by atoms with E-state index in [1.165, 1.54) is 36.4 Å². The van der Waals surface area contributed by atoms with Gasteiger partial charge in [0.25, 0.3) is 0 Å². The Hall–Kier alpha value is -3.01. The average Bonchev–Trinajstić information content (AvgIpc) is 2.50. The predicted molar refractivity (Wildman–Crippen MR) is 85.1 cm³/mol. The molecule has 0 aliphatic rings. The third-order valence-electron chi connectivity index (χ3n) is 3.19. The lowest BCUT2D eigenvalue weighted by Gasteiger charge is -2.08. The van der Waals surface area contributed by atoms with Crippen molar-refractivity contribution in [2.45, 2.75) is 6.42 Å². The lowest BCUT2D eigenvalue weighted by Crippen LogP contribution is -1.98. The Balaban J connectivity index is 2.28. The van der Waals surface area contributed by atoms with Gasteiger partial charge in [-0.2, -0.15) is 0 Å². The van der Waals surface area contributed by atoms with Crippen molar-refractivity contribution >= 4 is 11.9 Å². The molecule has 2 aromatic carbocycles. The van der Waals surface area contributed by atoms with Crippen LogP contribution in [0.5, 0.6) is 17.2 Å². The average molecular weight is 296 g/mol. The van der Waals surface area contributed by atoms with Crippen molar-refractivity contribution in [2.75, 3.05) is 0 Å².